The third-order valence-electron chi connectivity index (χ3n) is 6.55. The summed E-state index contributed by atoms with van der Waals surface area (Å²) in [5.41, 5.74) is 7.97. The van der Waals surface area contributed by atoms with Crippen molar-refractivity contribution in [1.82, 2.24) is 14.5 Å². The number of hydrogen-bond acceptors (Lipinski definition) is 5. The van der Waals surface area contributed by atoms with Gasteiger partial charge in [-0.1, -0.05) is 12.1 Å². The highest BCUT2D eigenvalue weighted by Gasteiger charge is 2.33. The van der Waals surface area contributed by atoms with Crippen LogP contribution in [0.2, 0.25) is 0 Å². The van der Waals surface area contributed by atoms with Crippen molar-refractivity contribution in [3.8, 4) is 0 Å². The summed E-state index contributed by atoms with van der Waals surface area (Å²) < 4.78 is 14.5. The third-order valence-corrected chi connectivity index (χ3v) is 6.55. The molecule has 1 aliphatic heterocycles. The predicted octanol–water partition coefficient (Wildman–Crippen LogP) is 2.21. The van der Waals surface area contributed by atoms with Crippen molar-refractivity contribution in [2.45, 2.75) is 39.4 Å². The topological polar surface area (TPSA) is 115 Å². The molecule has 1 aliphatic rings. The van der Waals surface area contributed by atoms with Gasteiger partial charge in [-0.15, -0.1) is 0 Å². The molecule has 1 fully saturated rings. The minimum atomic E-state index is -1.08. The molecule has 34 heavy (non-hydrogen) atoms. The van der Waals surface area contributed by atoms with Crippen LogP contribution in [0.1, 0.15) is 45.7 Å². The van der Waals surface area contributed by atoms with Crippen LogP contribution in [-0.2, 0) is 11.3 Å². The SMILES string of the molecule is Cc1cc2c(cc1C(=O)N1C[C@H](C)N(Cc3ccc(F)cc3)C[C@H]1C)c(C(=O)C(N)=O)cn2N. The lowest BCUT2D eigenvalue weighted by atomic mass is 9.99. The number of primary amides is 1. The van der Waals surface area contributed by atoms with E-state index < -0.39 is 11.7 Å². The van der Waals surface area contributed by atoms with Gasteiger partial charge in [0.15, 0.2) is 0 Å². The van der Waals surface area contributed by atoms with E-state index in [1.54, 1.807) is 24.3 Å². The summed E-state index contributed by atoms with van der Waals surface area (Å²) in [5.74, 6) is 3.62. The Balaban J connectivity index is 1.60. The summed E-state index contributed by atoms with van der Waals surface area (Å²) >= 11 is 0. The van der Waals surface area contributed by atoms with E-state index in [-0.39, 0.29) is 29.4 Å². The number of aromatic nitrogens is 1. The Hall–Kier alpha value is -3.72. The van der Waals surface area contributed by atoms with E-state index in [2.05, 4.69) is 11.8 Å². The van der Waals surface area contributed by atoms with Crippen LogP contribution in [0.15, 0.2) is 42.6 Å². The molecule has 0 spiro atoms. The molecule has 2 amide bonds. The summed E-state index contributed by atoms with van der Waals surface area (Å²) in [6.45, 7) is 7.72. The molecule has 4 rings (SSSR count). The molecular formula is C25H28FN5O3. The molecular weight excluding hydrogens is 437 g/mol. The number of nitrogen functional groups attached to an aromatic ring is 1. The monoisotopic (exact) mass is 465 g/mol. The molecule has 0 bridgehead atoms. The summed E-state index contributed by atoms with van der Waals surface area (Å²) in [5, 5.41) is 0.413. The Morgan fingerprint density at radius 2 is 1.71 bits per heavy atom. The van der Waals surface area contributed by atoms with Gasteiger partial charge in [-0.25, -0.2) is 4.39 Å². The van der Waals surface area contributed by atoms with Gasteiger partial charge in [0.1, 0.15) is 5.82 Å². The Bertz CT molecular complexity index is 1280. The fraction of sp³-hybridized carbons (Fsp3) is 0.320. The standard InChI is InChI=1S/C25H28FN5O3/c1-14-8-22-20(21(13-31(22)28)23(32)24(27)33)9-19(14)25(34)30-11-15(2)29(10-16(30)3)12-17-4-6-18(26)7-5-17/h4-9,13,15-16H,10-12,28H2,1-3H3,(H2,27,33)/t15-,16+/m0/s1. The highest BCUT2D eigenvalue weighted by Crippen LogP contribution is 2.27. The lowest BCUT2D eigenvalue weighted by Crippen LogP contribution is -2.57. The van der Waals surface area contributed by atoms with E-state index in [1.807, 2.05) is 18.7 Å². The van der Waals surface area contributed by atoms with Gasteiger partial charge in [-0.05, 0) is 56.2 Å². The average molecular weight is 466 g/mol. The van der Waals surface area contributed by atoms with Gasteiger partial charge in [0, 0.05) is 48.9 Å². The van der Waals surface area contributed by atoms with Gasteiger partial charge in [-0.3, -0.25) is 24.0 Å². The number of piperazine rings is 1. The number of fused-ring (bicyclic) bond motifs is 1. The van der Waals surface area contributed by atoms with E-state index in [9.17, 15) is 18.8 Å². The smallest absolute Gasteiger partial charge is 0.289 e. The van der Waals surface area contributed by atoms with Gasteiger partial charge < -0.3 is 16.5 Å². The number of aryl methyl sites for hydroxylation is 1. The van der Waals surface area contributed by atoms with Crippen molar-refractivity contribution < 1.29 is 18.8 Å². The number of hydrogen-bond donors (Lipinski definition) is 2. The summed E-state index contributed by atoms with van der Waals surface area (Å²) in [6, 6.07) is 9.83. The zero-order valence-corrected chi connectivity index (χ0v) is 19.4. The molecule has 178 valence electrons. The van der Waals surface area contributed by atoms with Gasteiger partial charge >= 0.3 is 0 Å². The van der Waals surface area contributed by atoms with Crippen molar-refractivity contribution in [2.75, 3.05) is 18.9 Å². The Morgan fingerprint density at radius 1 is 1.03 bits per heavy atom. The van der Waals surface area contributed by atoms with Crippen LogP contribution in [-0.4, -0.2) is 57.2 Å². The minimum Gasteiger partial charge on any atom is -0.363 e. The van der Waals surface area contributed by atoms with E-state index in [0.717, 1.165) is 5.56 Å². The third kappa shape index (κ3) is 4.26. The van der Waals surface area contributed by atoms with Crippen LogP contribution in [0.5, 0.6) is 0 Å². The van der Waals surface area contributed by atoms with E-state index in [4.69, 9.17) is 11.6 Å². The van der Waals surface area contributed by atoms with Gasteiger partial charge in [0.25, 0.3) is 17.6 Å². The number of nitrogens with zero attached hydrogens (tertiary/aromatic N) is 3. The van der Waals surface area contributed by atoms with Crippen LogP contribution >= 0.6 is 0 Å². The van der Waals surface area contributed by atoms with Crippen molar-refractivity contribution in [1.29, 1.82) is 0 Å². The predicted molar refractivity (Wildman–Crippen MR) is 127 cm³/mol. The Labute approximate surface area is 196 Å². The summed E-state index contributed by atoms with van der Waals surface area (Å²) in [4.78, 5) is 41.4. The first-order chi connectivity index (χ1) is 16.1. The highest BCUT2D eigenvalue weighted by atomic mass is 19.1. The van der Waals surface area contributed by atoms with Gasteiger partial charge in [0.2, 0.25) is 0 Å². The molecule has 8 nitrogen and oxygen atoms in total. The maximum Gasteiger partial charge on any atom is 0.289 e. The zero-order chi connectivity index (χ0) is 24.7. The van der Waals surface area contributed by atoms with Crippen LogP contribution in [0.25, 0.3) is 10.9 Å². The molecule has 2 atom stereocenters. The first-order valence-corrected chi connectivity index (χ1v) is 11.1. The number of nitrogens with two attached hydrogens (primary N) is 2. The number of carbonyl (C=O) groups excluding carboxylic acids is 3. The second-order valence-electron chi connectivity index (χ2n) is 9.04. The Morgan fingerprint density at radius 3 is 2.35 bits per heavy atom. The van der Waals surface area contributed by atoms with Crippen molar-refractivity contribution in [3.05, 3.63) is 70.7 Å². The number of Topliss-reactive ketones (excluding diaryl/α,β-unsaturated/α-hetero) is 1. The number of halogens is 1. The summed E-state index contributed by atoms with van der Waals surface area (Å²) in [7, 11) is 0. The van der Waals surface area contributed by atoms with Crippen LogP contribution < -0.4 is 11.6 Å². The number of rotatable bonds is 5. The van der Waals surface area contributed by atoms with E-state index in [1.165, 1.54) is 23.0 Å². The molecule has 9 heteroatoms. The number of amides is 2. The largest absolute Gasteiger partial charge is 0.363 e. The Kier molecular flexibility index (Phi) is 6.14. The fourth-order valence-corrected chi connectivity index (χ4v) is 4.62. The summed E-state index contributed by atoms with van der Waals surface area (Å²) in [6.07, 6.45) is 1.35. The second kappa shape index (κ2) is 8.90. The molecule has 0 saturated carbocycles. The number of benzene rings is 2. The normalized spacial score (nSPS) is 18.9. The van der Waals surface area contributed by atoms with Crippen molar-refractivity contribution in [3.63, 3.8) is 0 Å². The van der Waals surface area contributed by atoms with E-state index >= 15 is 0 Å². The molecule has 1 saturated heterocycles. The first kappa shape index (κ1) is 23.4. The van der Waals surface area contributed by atoms with Gasteiger partial charge in [0.05, 0.1) is 11.1 Å². The quantitative estimate of drug-likeness (QED) is 0.341. The van der Waals surface area contributed by atoms with E-state index in [0.29, 0.717) is 41.7 Å². The van der Waals surface area contributed by atoms with Gasteiger partial charge in [-0.2, -0.15) is 0 Å². The molecule has 4 N–H and O–H groups in total. The number of carbonyl (C=O) groups is 3. The molecule has 2 aromatic carbocycles. The molecule has 3 aromatic rings. The number of ketones is 1. The molecule has 0 unspecified atom stereocenters. The first-order valence-electron chi connectivity index (χ1n) is 11.1. The van der Waals surface area contributed by atoms with Crippen molar-refractivity contribution in [2.24, 2.45) is 5.73 Å². The van der Waals surface area contributed by atoms with Crippen LogP contribution in [0, 0.1) is 12.7 Å². The lowest BCUT2D eigenvalue weighted by molar-refractivity contribution is -0.114. The molecule has 0 radical (unpaired) electrons. The van der Waals surface area contributed by atoms with Crippen molar-refractivity contribution >= 4 is 28.5 Å². The zero-order valence-electron chi connectivity index (χ0n) is 19.4. The second-order valence-corrected chi connectivity index (χ2v) is 9.04. The maximum atomic E-state index is 13.6. The molecule has 0 aliphatic carbocycles. The fourth-order valence-electron chi connectivity index (χ4n) is 4.62. The highest BCUT2D eigenvalue weighted by molar-refractivity contribution is 6.44. The van der Waals surface area contributed by atoms with Crippen LogP contribution in [0.4, 0.5) is 4.39 Å². The lowest BCUT2D eigenvalue weighted by Gasteiger charge is -2.44. The average Bonchev–Trinajstić information content (AvgIpc) is 3.11. The minimum absolute atomic E-state index is 0.0647. The molecule has 1 aromatic heterocycles. The molecule has 2 heterocycles. The maximum absolute atomic E-state index is 13.6. The van der Waals surface area contributed by atoms with Crippen LogP contribution in [0.3, 0.4) is 0 Å².